The molecule has 1 aromatic heterocycles. The Bertz CT molecular complexity index is 779. The van der Waals surface area contributed by atoms with E-state index in [4.69, 9.17) is 9.15 Å². The molecule has 126 valence electrons. The van der Waals surface area contributed by atoms with E-state index in [1.165, 1.54) is 12.3 Å². The Kier molecular flexibility index (Phi) is 5.36. The summed E-state index contributed by atoms with van der Waals surface area (Å²) in [4.78, 5) is 35.2. The maximum Gasteiger partial charge on any atom is 0.342 e. The summed E-state index contributed by atoms with van der Waals surface area (Å²) in [6.45, 7) is 4.82. The van der Waals surface area contributed by atoms with Gasteiger partial charge in [-0.1, -0.05) is 12.1 Å². The van der Waals surface area contributed by atoms with Crippen LogP contribution in [0, 0.1) is 20.8 Å². The highest BCUT2D eigenvalue weighted by Gasteiger charge is 2.16. The van der Waals surface area contributed by atoms with Crippen LogP contribution in [-0.2, 0) is 9.53 Å². The van der Waals surface area contributed by atoms with Crippen LogP contribution < -0.4 is 10.6 Å². The Labute approximate surface area is 139 Å². The van der Waals surface area contributed by atoms with Crippen molar-refractivity contribution in [3.63, 3.8) is 0 Å². The first-order valence-corrected chi connectivity index (χ1v) is 7.26. The summed E-state index contributed by atoms with van der Waals surface area (Å²) in [6, 6.07) is 6.20. The van der Waals surface area contributed by atoms with Gasteiger partial charge in [0, 0.05) is 5.69 Å². The molecule has 2 rings (SSSR count). The van der Waals surface area contributed by atoms with Gasteiger partial charge in [0.05, 0.1) is 6.26 Å². The van der Waals surface area contributed by atoms with E-state index in [1.54, 1.807) is 19.1 Å². The second kappa shape index (κ2) is 7.45. The SMILES string of the molecule is Cc1cccc(NC(=O)NC(=O)COC(=O)c2ccoc2C)c1C. The smallest absolute Gasteiger partial charge is 0.342 e. The van der Waals surface area contributed by atoms with Crippen molar-refractivity contribution in [2.45, 2.75) is 20.8 Å². The minimum atomic E-state index is -0.729. The molecule has 0 fully saturated rings. The number of urea groups is 1. The Balaban J connectivity index is 1.84. The number of rotatable bonds is 4. The minimum absolute atomic E-state index is 0.239. The van der Waals surface area contributed by atoms with Gasteiger partial charge in [0.1, 0.15) is 11.3 Å². The van der Waals surface area contributed by atoms with Crippen LogP contribution in [0.2, 0.25) is 0 Å². The molecule has 0 atom stereocenters. The third kappa shape index (κ3) is 4.22. The van der Waals surface area contributed by atoms with E-state index in [0.29, 0.717) is 11.4 Å². The summed E-state index contributed by atoms with van der Waals surface area (Å²) in [5, 5.41) is 4.68. The lowest BCUT2D eigenvalue weighted by Crippen LogP contribution is -2.37. The van der Waals surface area contributed by atoms with E-state index in [9.17, 15) is 14.4 Å². The van der Waals surface area contributed by atoms with Crippen LogP contribution in [0.4, 0.5) is 10.5 Å². The predicted molar refractivity (Wildman–Crippen MR) is 86.8 cm³/mol. The first-order valence-electron chi connectivity index (χ1n) is 7.26. The van der Waals surface area contributed by atoms with E-state index in [-0.39, 0.29) is 5.56 Å². The van der Waals surface area contributed by atoms with E-state index >= 15 is 0 Å². The Morgan fingerprint density at radius 2 is 1.88 bits per heavy atom. The van der Waals surface area contributed by atoms with Gasteiger partial charge < -0.3 is 14.5 Å². The minimum Gasteiger partial charge on any atom is -0.469 e. The number of esters is 1. The largest absolute Gasteiger partial charge is 0.469 e. The molecule has 0 aliphatic carbocycles. The van der Waals surface area contributed by atoms with Crippen molar-refractivity contribution in [1.29, 1.82) is 0 Å². The maximum atomic E-state index is 11.8. The highest BCUT2D eigenvalue weighted by atomic mass is 16.5. The monoisotopic (exact) mass is 330 g/mol. The average molecular weight is 330 g/mol. The Morgan fingerprint density at radius 3 is 2.54 bits per heavy atom. The maximum absolute atomic E-state index is 11.8. The zero-order chi connectivity index (χ0) is 17.7. The van der Waals surface area contributed by atoms with Gasteiger partial charge in [-0.2, -0.15) is 0 Å². The van der Waals surface area contributed by atoms with E-state index in [2.05, 4.69) is 10.6 Å². The number of furan rings is 1. The van der Waals surface area contributed by atoms with Crippen molar-refractivity contribution >= 4 is 23.6 Å². The molecule has 2 aromatic rings. The third-order valence-electron chi connectivity index (χ3n) is 3.52. The van der Waals surface area contributed by atoms with Crippen molar-refractivity contribution in [3.05, 3.63) is 53.0 Å². The summed E-state index contributed by atoms with van der Waals surface area (Å²) in [5.74, 6) is -1.02. The zero-order valence-corrected chi connectivity index (χ0v) is 13.6. The fourth-order valence-corrected chi connectivity index (χ4v) is 2.01. The summed E-state index contributed by atoms with van der Waals surface area (Å²) in [7, 11) is 0. The number of anilines is 1. The average Bonchev–Trinajstić information content (AvgIpc) is 2.95. The predicted octanol–water partition coefficient (Wildman–Crippen LogP) is 2.71. The molecular weight excluding hydrogens is 312 g/mol. The van der Waals surface area contributed by atoms with Crippen molar-refractivity contribution in [1.82, 2.24) is 5.32 Å². The lowest BCUT2D eigenvalue weighted by Gasteiger charge is -2.11. The van der Waals surface area contributed by atoms with Crippen LogP contribution in [0.15, 0.2) is 34.9 Å². The molecule has 1 aromatic carbocycles. The van der Waals surface area contributed by atoms with Gasteiger partial charge in [0.15, 0.2) is 6.61 Å². The van der Waals surface area contributed by atoms with Crippen molar-refractivity contribution in [2.75, 3.05) is 11.9 Å². The number of carbonyl (C=O) groups is 3. The van der Waals surface area contributed by atoms with Gasteiger partial charge in [-0.25, -0.2) is 9.59 Å². The lowest BCUT2D eigenvalue weighted by atomic mass is 10.1. The van der Waals surface area contributed by atoms with Crippen LogP contribution in [0.25, 0.3) is 0 Å². The third-order valence-corrected chi connectivity index (χ3v) is 3.52. The quantitative estimate of drug-likeness (QED) is 0.840. The lowest BCUT2D eigenvalue weighted by molar-refractivity contribution is -0.123. The molecule has 3 amide bonds. The number of hydrogen-bond donors (Lipinski definition) is 2. The van der Waals surface area contributed by atoms with Crippen molar-refractivity contribution in [3.8, 4) is 0 Å². The molecule has 24 heavy (non-hydrogen) atoms. The molecule has 0 unspecified atom stereocenters. The fraction of sp³-hybridized carbons (Fsp3) is 0.235. The molecule has 7 heteroatoms. The van der Waals surface area contributed by atoms with Gasteiger partial charge in [0.25, 0.3) is 5.91 Å². The second-order valence-corrected chi connectivity index (χ2v) is 5.22. The number of hydrogen-bond acceptors (Lipinski definition) is 5. The van der Waals surface area contributed by atoms with Gasteiger partial charge in [-0.3, -0.25) is 10.1 Å². The standard InChI is InChI=1S/C17H18N2O5/c1-10-5-4-6-14(11(10)2)18-17(22)19-15(20)9-24-16(21)13-7-8-23-12(13)3/h4-8H,9H2,1-3H3,(H2,18,19,20,22). The molecule has 0 bridgehead atoms. The van der Waals surface area contributed by atoms with Gasteiger partial charge in [-0.05, 0) is 44.0 Å². The molecular formula is C17H18N2O5. The van der Waals surface area contributed by atoms with Gasteiger partial charge >= 0.3 is 12.0 Å². The van der Waals surface area contributed by atoms with E-state index < -0.39 is 24.5 Å². The first-order chi connectivity index (χ1) is 11.4. The number of aryl methyl sites for hydroxylation is 2. The Hall–Kier alpha value is -3.09. The number of amides is 3. The van der Waals surface area contributed by atoms with Crippen LogP contribution >= 0.6 is 0 Å². The first kappa shape index (κ1) is 17.3. The number of carbonyl (C=O) groups excluding carboxylic acids is 3. The molecule has 0 spiro atoms. The summed E-state index contributed by atoms with van der Waals surface area (Å²) in [6.07, 6.45) is 1.35. The molecule has 0 radical (unpaired) electrons. The van der Waals surface area contributed by atoms with Crippen LogP contribution in [0.3, 0.4) is 0 Å². The van der Waals surface area contributed by atoms with Crippen LogP contribution in [0.1, 0.15) is 27.2 Å². The number of nitrogens with one attached hydrogen (secondary N) is 2. The highest BCUT2D eigenvalue weighted by Crippen LogP contribution is 2.17. The fourth-order valence-electron chi connectivity index (χ4n) is 2.01. The number of ether oxygens (including phenoxy) is 1. The molecule has 0 saturated heterocycles. The molecule has 0 aliphatic heterocycles. The Morgan fingerprint density at radius 1 is 1.12 bits per heavy atom. The highest BCUT2D eigenvalue weighted by molar-refractivity contribution is 6.02. The summed E-state index contributed by atoms with van der Waals surface area (Å²) in [5.41, 5.74) is 2.76. The van der Waals surface area contributed by atoms with Crippen LogP contribution in [0.5, 0.6) is 0 Å². The second-order valence-electron chi connectivity index (χ2n) is 5.22. The van der Waals surface area contributed by atoms with Crippen LogP contribution in [-0.4, -0.2) is 24.5 Å². The molecule has 1 heterocycles. The van der Waals surface area contributed by atoms with E-state index in [0.717, 1.165) is 11.1 Å². The van der Waals surface area contributed by atoms with Gasteiger partial charge in [0.2, 0.25) is 0 Å². The van der Waals surface area contributed by atoms with Gasteiger partial charge in [-0.15, -0.1) is 0 Å². The zero-order valence-electron chi connectivity index (χ0n) is 13.6. The number of benzene rings is 1. The topological polar surface area (TPSA) is 97.6 Å². The molecule has 0 aliphatic rings. The van der Waals surface area contributed by atoms with E-state index in [1.807, 2.05) is 19.9 Å². The normalized spacial score (nSPS) is 10.1. The summed E-state index contributed by atoms with van der Waals surface area (Å²) >= 11 is 0. The summed E-state index contributed by atoms with van der Waals surface area (Å²) < 4.78 is 9.81. The number of imide groups is 1. The van der Waals surface area contributed by atoms with Crippen molar-refractivity contribution < 1.29 is 23.5 Å². The molecule has 0 saturated carbocycles. The molecule has 7 nitrogen and oxygen atoms in total. The van der Waals surface area contributed by atoms with Crippen molar-refractivity contribution in [2.24, 2.45) is 0 Å². The molecule has 2 N–H and O–H groups in total.